The van der Waals surface area contributed by atoms with Gasteiger partial charge in [0.1, 0.15) is 6.29 Å². The van der Waals surface area contributed by atoms with Crippen molar-refractivity contribution in [1.29, 1.82) is 0 Å². The van der Waals surface area contributed by atoms with E-state index < -0.39 is 0 Å². The number of hydrogen-bond donors (Lipinski definition) is 1. The van der Waals surface area contributed by atoms with Gasteiger partial charge in [0, 0.05) is 6.54 Å². The molecule has 86 valence electrons. The van der Waals surface area contributed by atoms with Crippen LogP contribution in [-0.2, 0) is 11.3 Å². The topological polar surface area (TPSA) is 29.1 Å². The standard InChI is InChI=1S/C15H15NO/c17-12-15(14-9-5-2-6-10-14)16-11-13-7-3-1-4-8-13/h1-10,12,15-16H,11H2. The highest BCUT2D eigenvalue weighted by molar-refractivity contribution is 5.61. The SMILES string of the molecule is O=CC(NCc1ccccc1)c1ccccc1. The maximum atomic E-state index is 11.1. The molecule has 0 heterocycles. The van der Waals surface area contributed by atoms with E-state index in [9.17, 15) is 4.79 Å². The third-order valence-corrected chi connectivity index (χ3v) is 2.66. The first kappa shape index (κ1) is 11.6. The van der Waals surface area contributed by atoms with E-state index in [4.69, 9.17) is 0 Å². The normalized spacial score (nSPS) is 12.0. The molecule has 0 aromatic heterocycles. The Hall–Kier alpha value is -1.93. The van der Waals surface area contributed by atoms with Gasteiger partial charge in [0.2, 0.25) is 0 Å². The quantitative estimate of drug-likeness (QED) is 0.793. The number of benzene rings is 2. The van der Waals surface area contributed by atoms with Gasteiger partial charge in [0.05, 0.1) is 6.04 Å². The van der Waals surface area contributed by atoms with E-state index in [0.717, 1.165) is 11.8 Å². The van der Waals surface area contributed by atoms with Crippen molar-refractivity contribution >= 4 is 6.29 Å². The van der Waals surface area contributed by atoms with Crippen molar-refractivity contribution in [3.8, 4) is 0 Å². The highest BCUT2D eigenvalue weighted by atomic mass is 16.1. The molecule has 0 saturated carbocycles. The van der Waals surface area contributed by atoms with Crippen molar-refractivity contribution in [2.45, 2.75) is 12.6 Å². The van der Waals surface area contributed by atoms with Gasteiger partial charge >= 0.3 is 0 Å². The van der Waals surface area contributed by atoms with Crippen LogP contribution in [-0.4, -0.2) is 6.29 Å². The Bertz CT molecular complexity index is 453. The molecular formula is C15H15NO. The summed E-state index contributed by atoms with van der Waals surface area (Å²) in [7, 11) is 0. The Kier molecular flexibility index (Phi) is 4.05. The fourth-order valence-electron chi connectivity index (χ4n) is 1.73. The second-order valence-corrected chi connectivity index (χ2v) is 3.89. The fraction of sp³-hybridized carbons (Fsp3) is 0.133. The molecule has 0 aliphatic heterocycles. The summed E-state index contributed by atoms with van der Waals surface area (Å²) in [5.41, 5.74) is 2.17. The number of carbonyl (C=O) groups excluding carboxylic acids is 1. The third kappa shape index (κ3) is 3.26. The lowest BCUT2D eigenvalue weighted by atomic mass is 10.1. The third-order valence-electron chi connectivity index (χ3n) is 2.66. The molecule has 2 nitrogen and oxygen atoms in total. The number of hydrogen-bond acceptors (Lipinski definition) is 2. The predicted molar refractivity (Wildman–Crippen MR) is 68.5 cm³/mol. The lowest BCUT2D eigenvalue weighted by Crippen LogP contribution is -2.21. The van der Waals surface area contributed by atoms with Gasteiger partial charge in [0.25, 0.3) is 0 Å². The molecule has 0 bridgehead atoms. The molecule has 2 aromatic rings. The van der Waals surface area contributed by atoms with E-state index in [1.54, 1.807) is 0 Å². The molecule has 1 unspecified atom stereocenters. The Balaban J connectivity index is 2.00. The second kappa shape index (κ2) is 5.97. The van der Waals surface area contributed by atoms with Crippen LogP contribution < -0.4 is 5.32 Å². The summed E-state index contributed by atoms with van der Waals surface area (Å²) >= 11 is 0. The van der Waals surface area contributed by atoms with E-state index in [1.807, 2.05) is 60.7 Å². The van der Waals surface area contributed by atoms with Crippen molar-refractivity contribution in [2.24, 2.45) is 0 Å². The van der Waals surface area contributed by atoms with Crippen molar-refractivity contribution in [2.75, 3.05) is 0 Å². The molecular weight excluding hydrogens is 210 g/mol. The van der Waals surface area contributed by atoms with Crippen LogP contribution in [0.3, 0.4) is 0 Å². The maximum absolute atomic E-state index is 11.1. The number of carbonyl (C=O) groups is 1. The van der Waals surface area contributed by atoms with E-state index >= 15 is 0 Å². The highest BCUT2D eigenvalue weighted by Crippen LogP contribution is 2.10. The van der Waals surface area contributed by atoms with Crippen molar-refractivity contribution in [3.05, 3.63) is 71.8 Å². The van der Waals surface area contributed by atoms with Crippen LogP contribution in [0.4, 0.5) is 0 Å². The second-order valence-electron chi connectivity index (χ2n) is 3.89. The Morgan fingerprint density at radius 2 is 1.53 bits per heavy atom. The summed E-state index contributed by atoms with van der Waals surface area (Å²) in [6.45, 7) is 0.694. The summed E-state index contributed by atoms with van der Waals surface area (Å²) in [5, 5.41) is 3.23. The minimum absolute atomic E-state index is 0.239. The minimum atomic E-state index is -0.239. The Labute approximate surface area is 101 Å². The molecule has 0 radical (unpaired) electrons. The average molecular weight is 225 g/mol. The summed E-state index contributed by atoms with van der Waals surface area (Å²) in [6, 6.07) is 19.6. The van der Waals surface area contributed by atoms with Crippen LogP contribution >= 0.6 is 0 Å². The van der Waals surface area contributed by atoms with Gasteiger partial charge < -0.3 is 4.79 Å². The van der Waals surface area contributed by atoms with Crippen LogP contribution in [0.25, 0.3) is 0 Å². The van der Waals surface area contributed by atoms with Crippen molar-refractivity contribution < 1.29 is 4.79 Å². The van der Waals surface area contributed by atoms with E-state index in [2.05, 4.69) is 5.32 Å². The molecule has 2 heteroatoms. The molecule has 0 saturated heterocycles. The van der Waals surface area contributed by atoms with Gasteiger partial charge in [0.15, 0.2) is 0 Å². The van der Waals surface area contributed by atoms with Gasteiger partial charge in [-0.25, -0.2) is 0 Å². The van der Waals surface area contributed by atoms with Crippen LogP contribution in [0.15, 0.2) is 60.7 Å². The summed E-state index contributed by atoms with van der Waals surface area (Å²) in [4.78, 5) is 11.1. The largest absolute Gasteiger partial charge is 0.301 e. The van der Waals surface area contributed by atoms with Gasteiger partial charge in [-0.3, -0.25) is 5.32 Å². The lowest BCUT2D eigenvalue weighted by molar-refractivity contribution is -0.109. The Morgan fingerprint density at radius 3 is 2.12 bits per heavy atom. The molecule has 1 N–H and O–H groups in total. The van der Waals surface area contributed by atoms with E-state index in [1.165, 1.54) is 5.56 Å². The molecule has 0 fully saturated rings. The Morgan fingerprint density at radius 1 is 0.941 bits per heavy atom. The average Bonchev–Trinajstić information content (AvgIpc) is 2.42. The molecule has 0 amide bonds. The van der Waals surface area contributed by atoms with Crippen LogP contribution in [0.1, 0.15) is 17.2 Å². The zero-order valence-electron chi connectivity index (χ0n) is 9.54. The summed E-state index contributed by atoms with van der Waals surface area (Å²) in [5.74, 6) is 0. The first-order valence-corrected chi connectivity index (χ1v) is 5.67. The maximum Gasteiger partial charge on any atom is 0.141 e. The molecule has 17 heavy (non-hydrogen) atoms. The van der Waals surface area contributed by atoms with Gasteiger partial charge in [-0.2, -0.15) is 0 Å². The molecule has 0 aliphatic rings. The highest BCUT2D eigenvalue weighted by Gasteiger charge is 2.08. The minimum Gasteiger partial charge on any atom is -0.301 e. The van der Waals surface area contributed by atoms with E-state index in [-0.39, 0.29) is 6.04 Å². The number of nitrogens with one attached hydrogen (secondary N) is 1. The van der Waals surface area contributed by atoms with Crippen LogP contribution in [0.2, 0.25) is 0 Å². The fourth-order valence-corrected chi connectivity index (χ4v) is 1.73. The van der Waals surface area contributed by atoms with Crippen molar-refractivity contribution in [3.63, 3.8) is 0 Å². The zero-order valence-corrected chi connectivity index (χ0v) is 9.54. The molecule has 1 atom stereocenters. The summed E-state index contributed by atoms with van der Waals surface area (Å²) in [6.07, 6.45) is 0.943. The first-order valence-electron chi connectivity index (χ1n) is 5.67. The summed E-state index contributed by atoms with van der Waals surface area (Å²) < 4.78 is 0. The lowest BCUT2D eigenvalue weighted by Gasteiger charge is -2.12. The molecule has 0 spiro atoms. The van der Waals surface area contributed by atoms with Crippen molar-refractivity contribution in [1.82, 2.24) is 5.32 Å². The predicted octanol–water partition coefficient (Wildman–Crippen LogP) is 2.72. The van der Waals surface area contributed by atoms with Gasteiger partial charge in [-0.05, 0) is 11.1 Å². The molecule has 2 rings (SSSR count). The van der Waals surface area contributed by atoms with E-state index in [0.29, 0.717) is 6.54 Å². The van der Waals surface area contributed by atoms with Crippen LogP contribution in [0.5, 0.6) is 0 Å². The first-order chi connectivity index (χ1) is 8.40. The molecule has 0 aliphatic carbocycles. The number of rotatable bonds is 5. The zero-order chi connectivity index (χ0) is 11.9. The smallest absolute Gasteiger partial charge is 0.141 e. The monoisotopic (exact) mass is 225 g/mol. The number of aldehydes is 1. The van der Waals surface area contributed by atoms with Gasteiger partial charge in [-0.1, -0.05) is 60.7 Å². The molecule has 2 aromatic carbocycles. The van der Waals surface area contributed by atoms with Crippen LogP contribution in [0, 0.1) is 0 Å². The van der Waals surface area contributed by atoms with Gasteiger partial charge in [-0.15, -0.1) is 0 Å².